The van der Waals surface area contributed by atoms with Gasteiger partial charge in [0.1, 0.15) is 18.1 Å². The SMILES string of the molecule is CSc1c(C(C(=O)O)c2ccc(NC(=O)Nc3ccccc3)cc2)ncnc1N1CCOCC1.[H-].[Na+]. The number of carbonyl (C=O) groups is 2. The van der Waals surface area contributed by atoms with E-state index in [9.17, 15) is 14.7 Å². The van der Waals surface area contributed by atoms with Gasteiger partial charge in [0.15, 0.2) is 0 Å². The van der Waals surface area contributed by atoms with Crippen LogP contribution >= 0.6 is 11.8 Å². The molecule has 0 spiro atoms. The summed E-state index contributed by atoms with van der Waals surface area (Å²) >= 11 is 1.43. The van der Waals surface area contributed by atoms with Crippen LogP contribution in [0.25, 0.3) is 0 Å². The molecule has 1 aliphatic rings. The van der Waals surface area contributed by atoms with Gasteiger partial charge in [-0.05, 0) is 36.1 Å². The Morgan fingerprint density at radius 2 is 1.66 bits per heavy atom. The number of amides is 2. The molecule has 1 saturated heterocycles. The Bertz CT molecular complexity index is 1150. The van der Waals surface area contributed by atoms with Crippen LogP contribution in [0.5, 0.6) is 0 Å². The molecule has 9 nitrogen and oxygen atoms in total. The van der Waals surface area contributed by atoms with Gasteiger partial charge in [0.25, 0.3) is 0 Å². The van der Waals surface area contributed by atoms with E-state index in [0.29, 0.717) is 48.9 Å². The third kappa shape index (κ3) is 6.74. The van der Waals surface area contributed by atoms with E-state index < -0.39 is 11.9 Å². The van der Waals surface area contributed by atoms with Crippen molar-refractivity contribution in [1.29, 1.82) is 0 Å². The molecule has 178 valence electrons. The van der Waals surface area contributed by atoms with Crippen molar-refractivity contribution in [2.24, 2.45) is 0 Å². The number of morpholine rings is 1. The first-order valence-corrected chi connectivity index (χ1v) is 12.0. The number of carboxylic acid groups (broad SMARTS) is 1. The third-order valence-corrected chi connectivity index (χ3v) is 6.18. The number of thioether (sulfide) groups is 1. The Hall–Kier alpha value is -2.63. The zero-order chi connectivity index (χ0) is 23.9. The number of ether oxygens (including phenoxy) is 1. The van der Waals surface area contributed by atoms with Gasteiger partial charge in [-0.1, -0.05) is 30.3 Å². The van der Waals surface area contributed by atoms with E-state index in [1.54, 1.807) is 36.4 Å². The topological polar surface area (TPSA) is 117 Å². The summed E-state index contributed by atoms with van der Waals surface area (Å²) in [6, 6.07) is 15.5. The van der Waals surface area contributed by atoms with Gasteiger partial charge in [-0.25, -0.2) is 14.8 Å². The number of nitrogens with zero attached hydrogens (tertiary/aromatic N) is 3. The van der Waals surface area contributed by atoms with Gasteiger partial charge in [-0.15, -0.1) is 11.8 Å². The monoisotopic (exact) mass is 503 g/mol. The minimum Gasteiger partial charge on any atom is -1.00 e. The number of anilines is 3. The fourth-order valence-corrected chi connectivity index (χ4v) is 4.51. The fourth-order valence-electron chi connectivity index (χ4n) is 3.77. The summed E-state index contributed by atoms with van der Waals surface area (Å²) in [6.45, 7) is 2.57. The number of hydrogen-bond acceptors (Lipinski definition) is 7. The molecule has 35 heavy (non-hydrogen) atoms. The van der Waals surface area contributed by atoms with E-state index in [2.05, 4.69) is 25.5 Å². The van der Waals surface area contributed by atoms with Gasteiger partial charge >= 0.3 is 41.6 Å². The van der Waals surface area contributed by atoms with Crippen molar-refractivity contribution in [3.05, 3.63) is 72.2 Å². The molecule has 2 heterocycles. The van der Waals surface area contributed by atoms with Crippen molar-refractivity contribution < 1.29 is 50.4 Å². The van der Waals surface area contributed by atoms with E-state index in [1.807, 2.05) is 24.5 Å². The maximum atomic E-state index is 12.3. The zero-order valence-electron chi connectivity index (χ0n) is 20.6. The van der Waals surface area contributed by atoms with Crippen LogP contribution < -0.4 is 45.1 Å². The quantitative estimate of drug-likeness (QED) is 0.323. The van der Waals surface area contributed by atoms with Gasteiger partial charge in [0.2, 0.25) is 0 Å². The second-order valence-corrected chi connectivity index (χ2v) is 8.37. The maximum absolute atomic E-state index is 12.3. The molecule has 1 atom stereocenters. The summed E-state index contributed by atoms with van der Waals surface area (Å²) in [5, 5.41) is 15.6. The van der Waals surface area contributed by atoms with Crippen molar-refractivity contribution in [3.63, 3.8) is 0 Å². The average molecular weight is 504 g/mol. The second-order valence-electron chi connectivity index (χ2n) is 7.55. The molecule has 1 unspecified atom stereocenters. The molecule has 2 amide bonds. The van der Waals surface area contributed by atoms with E-state index >= 15 is 0 Å². The molecule has 1 aliphatic heterocycles. The molecule has 4 rings (SSSR count). The van der Waals surface area contributed by atoms with E-state index in [0.717, 1.165) is 10.7 Å². The van der Waals surface area contributed by atoms with Crippen molar-refractivity contribution in [1.82, 2.24) is 9.97 Å². The van der Waals surface area contributed by atoms with Crippen molar-refractivity contribution >= 4 is 41.0 Å². The summed E-state index contributed by atoms with van der Waals surface area (Å²) < 4.78 is 5.43. The van der Waals surface area contributed by atoms with E-state index in [4.69, 9.17) is 4.74 Å². The number of hydrogen-bond donors (Lipinski definition) is 3. The third-order valence-electron chi connectivity index (χ3n) is 5.38. The fraction of sp³-hybridized carbons (Fsp3) is 0.250. The van der Waals surface area contributed by atoms with Gasteiger partial charge in [-0.2, -0.15) is 0 Å². The molecule has 0 radical (unpaired) electrons. The number of para-hydroxylation sites is 1. The first-order chi connectivity index (χ1) is 16.6. The van der Waals surface area contributed by atoms with Crippen molar-refractivity contribution in [2.45, 2.75) is 10.8 Å². The summed E-state index contributed by atoms with van der Waals surface area (Å²) in [7, 11) is 0. The number of rotatable bonds is 7. The minimum absolute atomic E-state index is 0. The Kier molecular flexibility index (Phi) is 9.93. The summed E-state index contributed by atoms with van der Waals surface area (Å²) in [5.41, 5.74) is 2.22. The van der Waals surface area contributed by atoms with E-state index in [1.165, 1.54) is 18.1 Å². The van der Waals surface area contributed by atoms with Crippen LogP contribution in [-0.2, 0) is 9.53 Å². The van der Waals surface area contributed by atoms with Crippen molar-refractivity contribution in [3.8, 4) is 0 Å². The summed E-state index contributed by atoms with van der Waals surface area (Å²) in [6.07, 6.45) is 3.31. The predicted octanol–water partition coefficient (Wildman–Crippen LogP) is 1.01. The van der Waals surface area contributed by atoms with Crippen LogP contribution in [0.3, 0.4) is 0 Å². The minimum atomic E-state index is -1.01. The Morgan fingerprint density at radius 1 is 1.03 bits per heavy atom. The zero-order valence-corrected chi connectivity index (χ0v) is 22.4. The number of carbonyl (C=O) groups excluding carboxylic acids is 1. The molecule has 11 heteroatoms. The first kappa shape index (κ1) is 27.0. The van der Waals surface area contributed by atoms with Crippen molar-refractivity contribution in [2.75, 3.05) is 48.1 Å². The molecule has 0 aliphatic carbocycles. The van der Waals surface area contributed by atoms with Gasteiger partial charge in [0, 0.05) is 24.5 Å². The van der Waals surface area contributed by atoms with Crippen LogP contribution in [0.1, 0.15) is 18.6 Å². The maximum Gasteiger partial charge on any atom is 1.00 e. The van der Waals surface area contributed by atoms with Crippen LogP contribution in [-0.4, -0.2) is 59.6 Å². The molecular weight excluding hydrogens is 477 g/mol. The van der Waals surface area contributed by atoms with Gasteiger partial charge < -0.3 is 26.8 Å². The Labute approximate surface area is 231 Å². The van der Waals surface area contributed by atoms with Gasteiger partial charge in [-0.3, -0.25) is 4.79 Å². The van der Waals surface area contributed by atoms with Crippen LogP contribution in [0.15, 0.2) is 65.8 Å². The number of nitrogens with one attached hydrogen (secondary N) is 2. The molecule has 3 N–H and O–H groups in total. The first-order valence-electron chi connectivity index (χ1n) is 10.7. The molecular formula is C24H26N5NaO4S. The normalized spacial score (nSPS) is 13.9. The number of urea groups is 1. The van der Waals surface area contributed by atoms with Gasteiger partial charge in [0.05, 0.1) is 23.8 Å². The molecule has 1 aromatic heterocycles. The molecule has 1 fully saturated rings. The molecule has 2 aromatic carbocycles. The molecule has 3 aromatic rings. The number of benzene rings is 2. The second kappa shape index (κ2) is 12.9. The predicted molar refractivity (Wildman–Crippen MR) is 133 cm³/mol. The standard InChI is InChI=1S/C24H25N5O4S.Na.H/c1-34-21-20(25-15-26-22(21)29-11-13-33-14-12-29)19(23(30)31)16-7-9-18(10-8-16)28-24(32)27-17-5-3-2-4-6-17;;/h2-10,15,19H,11-14H2,1H3,(H,30,31)(H2,27,28,32);;/q;+1;-1. The van der Waals surface area contributed by atoms with E-state index in [-0.39, 0.29) is 37.0 Å². The largest absolute Gasteiger partial charge is 1.00 e. The summed E-state index contributed by atoms with van der Waals surface area (Å²) in [5.74, 6) is -1.26. The van der Waals surface area contributed by atoms with Crippen LogP contribution in [0.4, 0.5) is 22.0 Å². The summed E-state index contributed by atoms with van der Waals surface area (Å²) in [4.78, 5) is 36.2. The molecule has 0 saturated carbocycles. The smallest absolute Gasteiger partial charge is 1.00 e. The number of aromatic nitrogens is 2. The number of carboxylic acids is 1. The Balaban J connectivity index is 0.00000228. The molecule has 0 bridgehead atoms. The number of aliphatic carboxylic acids is 1. The van der Waals surface area contributed by atoms with Crippen LogP contribution in [0, 0.1) is 0 Å². The Morgan fingerprint density at radius 3 is 2.26 bits per heavy atom. The van der Waals surface area contributed by atoms with Crippen LogP contribution in [0.2, 0.25) is 0 Å². The average Bonchev–Trinajstić information content (AvgIpc) is 2.86.